The number of benzene rings is 1. The highest BCUT2D eigenvalue weighted by Gasteiger charge is 2.15. The van der Waals surface area contributed by atoms with Crippen molar-refractivity contribution < 1.29 is 14.7 Å². The van der Waals surface area contributed by atoms with E-state index in [1.165, 1.54) is 5.56 Å². The molecule has 0 aliphatic heterocycles. The molecule has 0 bridgehead atoms. The number of unbranched alkanes of at least 4 members (excludes halogenated alkanes) is 2. The molecule has 2 heterocycles. The highest BCUT2D eigenvalue weighted by atomic mass is 16.3. The van der Waals surface area contributed by atoms with Gasteiger partial charge in [0.25, 0.3) is 0 Å². The number of aliphatic hydroxyl groups excluding tert-OH is 1. The Balaban J connectivity index is 1.64. The van der Waals surface area contributed by atoms with Gasteiger partial charge in [0.05, 0.1) is 18.0 Å². The Hall–Kier alpha value is -3.36. The normalized spacial score (nSPS) is 12.0. The molecule has 180 valence electrons. The number of rotatable bonds is 11. The Kier molecular flexibility index (Phi) is 9.07. The number of hydrogen-bond acceptors (Lipinski definition) is 6. The lowest BCUT2D eigenvalue weighted by Crippen LogP contribution is -2.45. The topological polar surface area (TPSA) is 123 Å². The number of nitrogens with zero attached hydrogens (tertiary/aromatic N) is 3. The maximum absolute atomic E-state index is 11.9. The van der Waals surface area contributed by atoms with Gasteiger partial charge in [-0.1, -0.05) is 38.5 Å². The Bertz CT molecular complexity index is 1080. The fourth-order valence-corrected chi connectivity index (χ4v) is 3.61. The maximum atomic E-state index is 11.9. The molecule has 0 radical (unpaired) electrons. The van der Waals surface area contributed by atoms with Crippen molar-refractivity contribution in [1.29, 1.82) is 0 Å². The van der Waals surface area contributed by atoms with E-state index in [0.717, 1.165) is 42.0 Å². The minimum Gasteiger partial charge on any atom is -0.394 e. The molecule has 1 atom stereocenters. The van der Waals surface area contributed by atoms with E-state index in [0.29, 0.717) is 12.3 Å². The minimum absolute atomic E-state index is 0.235. The van der Waals surface area contributed by atoms with Crippen LogP contribution in [0.1, 0.15) is 56.7 Å². The van der Waals surface area contributed by atoms with Gasteiger partial charge >= 0.3 is 0 Å². The van der Waals surface area contributed by atoms with E-state index in [-0.39, 0.29) is 12.3 Å². The van der Waals surface area contributed by atoms with Crippen LogP contribution in [0.2, 0.25) is 0 Å². The molecule has 2 aromatic heterocycles. The third kappa shape index (κ3) is 6.82. The minimum atomic E-state index is -1.08. The van der Waals surface area contributed by atoms with Crippen molar-refractivity contribution in [3.8, 4) is 17.1 Å². The summed E-state index contributed by atoms with van der Waals surface area (Å²) in [7, 11) is 0. The van der Waals surface area contributed by atoms with Gasteiger partial charge < -0.3 is 10.8 Å². The quantitative estimate of drug-likeness (QED) is 0.376. The molecule has 0 aliphatic rings. The van der Waals surface area contributed by atoms with E-state index in [9.17, 15) is 9.59 Å². The van der Waals surface area contributed by atoms with Crippen LogP contribution in [0.25, 0.3) is 17.1 Å². The first-order chi connectivity index (χ1) is 16.4. The van der Waals surface area contributed by atoms with E-state index < -0.39 is 18.6 Å². The third-order valence-electron chi connectivity index (χ3n) is 5.65. The van der Waals surface area contributed by atoms with Crippen LogP contribution in [0.15, 0.2) is 54.7 Å². The molecule has 0 spiro atoms. The number of imide groups is 1. The summed E-state index contributed by atoms with van der Waals surface area (Å²) >= 11 is 0. The van der Waals surface area contributed by atoms with Crippen molar-refractivity contribution >= 4 is 11.8 Å². The molecule has 8 nitrogen and oxygen atoms in total. The molecule has 0 unspecified atom stereocenters. The number of amides is 2. The van der Waals surface area contributed by atoms with Crippen LogP contribution in [0.3, 0.4) is 0 Å². The first-order valence-corrected chi connectivity index (χ1v) is 11.7. The Morgan fingerprint density at radius 1 is 1.06 bits per heavy atom. The van der Waals surface area contributed by atoms with Crippen LogP contribution in [-0.4, -0.2) is 44.3 Å². The van der Waals surface area contributed by atoms with Gasteiger partial charge in [-0.15, -0.1) is 0 Å². The smallest absolute Gasteiger partial charge is 0.245 e. The van der Waals surface area contributed by atoms with E-state index in [1.54, 1.807) is 6.20 Å². The van der Waals surface area contributed by atoms with Gasteiger partial charge in [0, 0.05) is 18.3 Å². The molecule has 2 amide bonds. The summed E-state index contributed by atoms with van der Waals surface area (Å²) in [6.45, 7) is 3.85. The summed E-state index contributed by atoms with van der Waals surface area (Å²) in [5.41, 5.74) is 10.4. The van der Waals surface area contributed by atoms with Gasteiger partial charge in [0.2, 0.25) is 11.8 Å². The zero-order valence-corrected chi connectivity index (χ0v) is 19.8. The van der Waals surface area contributed by atoms with Crippen LogP contribution in [0.4, 0.5) is 0 Å². The van der Waals surface area contributed by atoms with Crippen molar-refractivity contribution in [2.24, 2.45) is 5.73 Å². The third-order valence-corrected chi connectivity index (χ3v) is 5.65. The largest absolute Gasteiger partial charge is 0.394 e. The lowest BCUT2D eigenvalue weighted by molar-refractivity contribution is -0.131. The molecule has 3 aromatic rings. The number of nitrogens with one attached hydrogen (secondary N) is 1. The molecule has 4 N–H and O–H groups in total. The van der Waals surface area contributed by atoms with Gasteiger partial charge in [-0.3, -0.25) is 19.9 Å². The standard InChI is InChI=1S/C26H33N5O3/c1-18(2)19-11-13-20(14-12-19)31-21(16-24(30-31)23-9-6-7-15-28-23)8-4-3-5-10-25(33)29-26(34)22(27)17-32/h6-7,9,11-16,18,22,32H,3-5,8,10,17,27H2,1-2H3,(H,29,33,34)/t22-/m0/s1. The van der Waals surface area contributed by atoms with Gasteiger partial charge in [-0.2, -0.15) is 5.10 Å². The average molecular weight is 464 g/mol. The Labute approximate surface area is 200 Å². The van der Waals surface area contributed by atoms with Gasteiger partial charge in [-0.25, -0.2) is 4.68 Å². The summed E-state index contributed by atoms with van der Waals surface area (Å²) in [6, 6.07) is 15.2. The molecule has 0 saturated heterocycles. The molecule has 3 rings (SSSR count). The molecule has 8 heteroatoms. The second-order valence-corrected chi connectivity index (χ2v) is 8.66. The number of aromatic nitrogens is 3. The Morgan fingerprint density at radius 2 is 1.82 bits per heavy atom. The highest BCUT2D eigenvalue weighted by molar-refractivity contribution is 5.97. The van der Waals surface area contributed by atoms with Crippen molar-refractivity contribution in [2.45, 2.75) is 57.9 Å². The van der Waals surface area contributed by atoms with E-state index in [1.807, 2.05) is 22.9 Å². The van der Waals surface area contributed by atoms with Crippen molar-refractivity contribution in [1.82, 2.24) is 20.1 Å². The zero-order chi connectivity index (χ0) is 24.5. The summed E-state index contributed by atoms with van der Waals surface area (Å²) in [6.07, 6.45) is 5.13. The van der Waals surface area contributed by atoms with Crippen molar-refractivity contribution in [3.05, 3.63) is 66.0 Å². The first-order valence-electron chi connectivity index (χ1n) is 11.7. The summed E-state index contributed by atoms with van der Waals surface area (Å²) in [5.74, 6) is -0.564. The van der Waals surface area contributed by atoms with Crippen LogP contribution < -0.4 is 11.1 Å². The molecule has 1 aromatic carbocycles. The SMILES string of the molecule is CC(C)c1ccc(-n2nc(-c3ccccn3)cc2CCCCCC(=O)NC(=O)[C@@H](N)CO)cc1. The predicted octanol–water partition coefficient (Wildman–Crippen LogP) is 3.12. The molecular formula is C26H33N5O3. The second kappa shape index (κ2) is 12.2. The summed E-state index contributed by atoms with van der Waals surface area (Å²) in [5, 5.41) is 15.9. The number of nitrogens with two attached hydrogens (primary N) is 1. The van der Waals surface area contributed by atoms with Gasteiger partial charge in [-0.05, 0) is 61.1 Å². The molecule has 0 saturated carbocycles. The monoisotopic (exact) mass is 463 g/mol. The van der Waals surface area contributed by atoms with Crippen LogP contribution >= 0.6 is 0 Å². The lowest BCUT2D eigenvalue weighted by atomic mass is 10.0. The second-order valence-electron chi connectivity index (χ2n) is 8.66. The van der Waals surface area contributed by atoms with Crippen LogP contribution in [0, 0.1) is 0 Å². The summed E-state index contributed by atoms with van der Waals surface area (Å²) in [4.78, 5) is 27.9. The van der Waals surface area contributed by atoms with Crippen molar-refractivity contribution in [3.63, 3.8) is 0 Å². The number of carbonyl (C=O) groups is 2. The lowest BCUT2D eigenvalue weighted by Gasteiger charge is -2.10. The van der Waals surface area contributed by atoms with Crippen LogP contribution in [0.5, 0.6) is 0 Å². The Morgan fingerprint density at radius 3 is 2.47 bits per heavy atom. The van der Waals surface area contributed by atoms with E-state index in [2.05, 4.69) is 54.5 Å². The van der Waals surface area contributed by atoms with Crippen LogP contribution in [-0.2, 0) is 16.0 Å². The number of aliphatic hydroxyl groups is 1. The fraction of sp³-hybridized carbons (Fsp3) is 0.385. The zero-order valence-electron chi connectivity index (χ0n) is 19.8. The summed E-state index contributed by atoms with van der Waals surface area (Å²) < 4.78 is 1.97. The number of carbonyl (C=O) groups excluding carboxylic acids is 2. The highest BCUT2D eigenvalue weighted by Crippen LogP contribution is 2.23. The molecule has 0 aliphatic carbocycles. The van der Waals surface area contributed by atoms with Gasteiger partial charge in [0.15, 0.2) is 0 Å². The number of hydrogen-bond donors (Lipinski definition) is 3. The maximum Gasteiger partial charge on any atom is 0.245 e. The number of pyridine rings is 1. The van der Waals surface area contributed by atoms with Gasteiger partial charge in [0.1, 0.15) is 11.7 Å². The first kappa shape index (κ1) is 25.3. The van der Waals surface area contributed by atoms with Crippen molar-refractivity contribution in [2.75, 3.05) is 6.61 Å². The molecule has 0 fully saturated rings. The molecular weight excluding hydrogens is 430 g/mol. The average Bonchev–Trinajstić information content (AvgIpc) is 3.28. The molecule has 34 heavy (non-hydrogen) atoms. The fourth-order valence-electron chi connectivity index (χ4n) is 3.61. The number of aryl methyl sites for hydroxylation is 1. The van der Waals surface area contributed by atoms with E-state index >= 15 is 0 Å². The van der Waals surface area contributed by atoms with E-state index in [4.69, 9.17) is 15.9 Å². The predicted molar refractivity (Wildman–Crippen MR) is 131 cm³/mol.